The first-order valence-electron chi connectivity index (χ1n) is 5.91. The minimum absolute atomic E-state index is 0. The quantitative estimate of drug-likeness (QED) is 0.836. The van der Waals surface area contributed by atoms with Crippen molar-refractivity contribution in [3.63, 3.8) is 0 Å². The molecule has 1 N–H and O–H groups in total. The van der Waals surface area contributed by atoms with Crippen LogP contribution in [0.25, 0.3) is 0 Å². The third-order valence-corrected chi connectivity index (χ3v) is 1.83. The molecule has 0 heterocycles. The van der Waals surface area contributed by atoms with Gasteiger partial charge in [0.05, 0.1) is 0 Å². The second-order valence-corrected chi connectivity index (χ2v) is 4.00. The summed E-state index contributed by atoms with van der Waals surface area (Å²) in [5, 5.41) is 2.85. The molecule has 0 radical (unpaired) electrons. The van der Waals surface area contributed by atoms with Crippen molar-refractivity contribution in [1.82, 2.24) is 5.32 Å². The number of benzene rings is 1. The molecule has 0 aliphatic heterocycles. The molecule has 1 amide bonds. The minimum atomic E-state index is 0. The summed E-state index contributed by atoms with van der Waals surface area (Å²) in [7, 11) is 0. The van der Waals surface area contributed by atoms with Gasteiger partial charge in [0.2, 0.25) is 5.91 Å². The predicted octanol–water partition coefficient (Wildman–Crippen LogP) is 3.42. The van der Waals surface area contributed by atoms with Gasteiger partial charge in [-0.05, 0) is 18.9 Å². The number of carbonyl (C=O) groups is 1. The molecule has 1 aromatic rings. The van der Waals surface area contributed by atoms with Crippen LogP contribution in [0, 0.1) is 0 Å². The van der Waals surface area contributed by atoms with Crippen molar-refractivity contribution >= 4 is 5.91 Å². The minimum Gasteiger partial charge on any atom is -0.354 e. The molecule has 1 aromatic carbocycles. The van der Waals surface area contributed by atoms with Crippen LogP contribution in [0.4, 0.5) is 0 Å². The fourth-order valence-electron chi connectivity index (χ4n) is 1.37. The van der Waals surface area contributed by atoms with Crippen LogP contribution in [0.5, 0.6) is 0 Å². The van der Waals surface area contributed by atoms with Gasteiger partial charge >= 0.3 is 0 Å². The van der Waals surface area contributed by atoms with Gasteiger partial charge in [0.25, 0.3) is 0 Å². The largest absolute Gasteiger partial charge is 0.354 e. The first-order valence-corrected chi connectivity index (χ1v) is 5.91. The standard InChI is InChI=1S/C11H15NO.C3H8.H2/c1-9(12-10(2)13)8-11-6-4-3-5-7-11;1-3-2;/h3-7,9H,8H2,1-2H3,(H,12,13);3H2,1-2H3;1H. The van der Waals surface area contributed by atoms with Gasteiger partial charge in [-0.25, -0.2) is 0 Å². The van der Waals surface area contributed by atoms with Gasteiger partial charge in [0.15, 0.2) is 0 Å². The Morgan fingerprint density at radius 3 is 2.25 bits per heavy atom. The maximum Gasteiger partial charge on any atom is 0.217 e. The fraction of sp³-hybridized carbons (Fsp3) is 0.500. The van der Waals surface area contributed by atoms with Crippen LogP contribution in [-0.4, -0.2) is 11.9 Å². The molecule has 0 saturated carbocycles. The number of amides is 1. The van der Waals surface area contributed by atoms with E-state index in [9.17, 15) is 4.79 Å². The molecule has 16 heavy (non-hydrogen) atoms. The van der Waals surface area contributed by atoms with E-state index in [0.29, 0.717) is 0 Å². The molecular formula is C14H25NO. The van der Waals surface area contributed by atoms with Crippen LogP contribution in [-0.2, 0) is 11.2 Å². The van der Waals surface area contributed by atoms with Crippen molar-refractivity contribution in [2.75, 3.05) is 0 Å². The van der Waals surface area contributed by atoms with Crippen molar-refractivity contribution in [2.45, 2.75) is 46.6 Å². The lowest BCUT2D eigenvalue weighted by Crippen LogP contribution is -2.31. The Morgan fingerprint density at radius 2 is 1.81 bits per heavy atom. The highest BCUT2D eigenvalue weighted by Crippen LogP contribution is 2.02. The number of hydrogen-bond acceptors (Lipinski definition) is 1. The van der Waals surface area contributed by atoms with Crippen molar-refractivity contribution < 1.29 is 6.22 Å². The molecule has 0 fully saturated rings. The van der Waals surface area contributed by atoms with Crippen LogP contribution in [0.1, 0.15) is 41.1 Å². The van der Waals surface area contributed by atoms with E-state index in [0.717, 1.165) is 6.42 Å². The van der Waals surface area contributed by atoms with Crippen molar-refractivity contribution in [1.29, 1.82) is 0 Å². The molecule has 2 nitrogen and oxygen atoms in total. The van der Waals surface area contributed by atoms with E-state index in [-0.39, 0.29) is 13.4 Å². The molecule has 92 valence electrons. The van der Waals surface area contributed by atoms with E-state index >= 15 is 0 Å². The Bertz CT molecular complexity index is 288. The summed E-state index contributed by atoms with van der Waals surface area (Å²) in [6.45, 7) is 7.80. The maximum absolute atomic E-state index is 10.7. The third-order valence-electron chi connectivity index (χ3n) is 1.83. The molecule has 0 saturated heterocycles. The first kappa shape index (κ1) is 14.7. The average Bonchev–Trinajstić information content (AvgIpc) is 2.18. The van der Waals surface area contributed by atoms with Crippen molar-refractivity contribution in [3.8, 4) is 0 Å². The monoisotopic (exact) mass is 223 g/mol. The number of nitrogens with one attached hydrogen (secondary N) is 1. The van der Waals surface area contributed by atoms with Gasteiger partial charge in [-0.3, -0.25) is 4.79 Å². The molecule has 0 aliphatic carbocycles. The van der Waals surface area contributed by atoms with Gasteiger partial charge < -0.3 is 5.32 Å². The van der Waals surface area contributed by atoms with E-state index in [1.54, 1.807) is 6.92 Å². The normalized spacial score (nSPS) is 11.0. The predicted molar refractivity (Wildman–Crippen MR) is 71.5 cm³/mol. The van der Waals surface area contributed by atoms with Crippen molar-refractivity contribution in [2.24, 2.45) is 0 Å². The summed E-state index contributed by atoms with van der Waals surface area (Å²) in [5.41, 5.74) is 1.25. The van der Waals surface area contributed by atoms with E-state index < -0.39 is 0 Å². The Labute approximate surface area is 101 Å². The smallest absolute Gasteiger partial charge is 0.217 e. The van der Waals surface area contributed by atoms with Crippen LogP contribution in [0.2, 0.25) is 0 Å². The lowest BCUT2D eigenvalue weighted by Gasteiger charge is -2.11. The van der Waals surface area contributed by atoms with E-state index in [1.807, 2.05) is 25.1 Å². The summed E-state index contributed by atoms with van der Waals surface area (Å²) in [5.74, 6) is 0.0310. The van der Waals surface area contributed by atoms with Crippen LogP contribution in [0.15, 0.2) is 30.3 Å². The maximum atomic E-state index is 10.7. The highest BCUT2D eigenvalue weighted by atomic mass is 16.1. The second kappa shape index (κ2) is 8.96. The summed E-state index contributed by atoms with van der Waals surface area (Å²) >= 11 is 0. The SMILES string of the molecule is CC(=O)NC(C)Cc1ccccc1.CCC.[HH]. The molecule has 1 rings (SSSR count). The highest BCUT2D eigenvalue weighted by Gasteiger charge is 2.03. The zero-order valence-corrected chi connectivity index (χ0v) is 10.8. The highest BCUT2D eigenvalue weighted by molar-refractivity contribution is 5.73. The molecule has 1 unspecified atom stereocenters. The topological polar surface area (TPSA) is 29.1 Å². The van der Waals surface area contributed by atoms with Gasteiger partial charge in [0, 0.05) is 14.4 Å². The Balaban J connectivity index is 0. The second-order valence-electron chi connectivity index (χ2n) is 4.00. The fourth-order valence-corrected chi connectivity index (χ4v) is 1.37. The zero-order chi connectivity index (χ0) is 12.4. The molecule has 2 heteroatoms. The summed E-state index contributed by atoms with van der Waals surface area (Å²) in [4.78, 5) is 10.7. The molecule has 0 aromatic heterocycles. The molecule has 0 bridgehead atoms. The first-order chi connectivity index (χ1) is 7.60. The van der Waals surface area contributed by atoms with Crippen molar-refractivity contribution in [3.05, 3.63) is 35.9 Å². The van der Waals surface area contributed by atoms with Gasteiger partial charge in [-0.1, -0.05) is 50.6 Å². The van der Waals surface area contributed by atoms with Crippen LogP contribution < -0.4 is 5.32 Å². The zero-order valence-electron chi connectivity index (χ0n) is 10.8. The van der Waals surface area contributed by atoms with Gasteiger partial charge in [-0.2, -0.15) is 0 Å². The molecular weight excluding hydrogens is 198 g/mol. The van der Waals surface area contributed by atoms with Crippen LogP contribution in [0.3, 0.4) is 0 Å². The Kier molecular flexibility index (Phi) is 8.22. The van der Waals surface area contributed by atoms with Gasteiger partial charge in [0.1, 0.15) is 0 Å². The number of hydrogen-bond donors (Lipinski definition) is 1. The molecule has 0 aliphatic rings. The van der Waals surface area contributed by atoms with E-state index in [1.165, 1.54) is 12.0 Å². The summed E-state index contributed by atoms with van der Waals surface area (Å²) in [6.07, 6.45) is 2.14. The molecule has 0 spiro atoms. The van der Waals surface area contributed by atoms with E-state index in [4.69, 9.17) is 0 Å². The lowest BCUT2D eigenvalue weighted by molar-refractivity contribution is -0.119. The van der Waals surface area contributed by atoms with E-state index in [2.05, 4.69) is 31.3 Å². The lowest BCUT2D eigenvalue weighted by atomic mass is 10.1. The molecule has 1 atom stereocenters. The summed E-state index contributed by atoms with van der Waals surface area (Å²) < 4.78 is 0. The number of carbonyl (C=O) groups excluding carboxylic acids is 1. The van der Waals surface area contributed by atoms with Gasteiger partial charge in [-0.15, -0.1) is 0 Å². The number of rotatable bonds is 3. The Hall–Kier alpha value is -1.31. The average molecular weight is 223 g/mol. The Morgan fingerprint density at radius 1 is 1.31 bits per heavy atom. The van der Waals surface area contributed by atoms with Crippen LogP contribution >= 0.6 is 0 Å². The third kappa shape index (κ3) is 8.04. The summed E-state index contributed by atoms with van der Waals surface area (Å²) in [6, 6.07) is 10.4.